The first-order valence-electron chi connectivity index (χ1n) is 8.39. The van der Waals surface area contributed by atoms with Crippen LogP contribution in [-0.4, -0.2) is 25.3 Å². The Morgan fingerprint density at radius 1 is 1.33 bits per heavy atom. The molecule has 1 aliphatic rings. The average Bonchev–Trinajstić information content (AvgIpc) is 3.19. The van der Waals surface area contributed by atoms with Crippen LogP contribution >= 0.6 is 0 Å². The molecule has 9 heteroatoms. The summed E-state index contributed by atoms with van der Waals surface area (Å²) < 4.78 is 18.1. The number of benzene rings is 1. The molecule has 0 bridgehead atoms. The summed E-state index contributed by atoms with van der Waals surface area (Å²) in [7, 11) is 1.52. The van der Waals surface area contributed by atoms with Crippen molar-refractivity contribution in [3.63, 3.8) is 0 Å². The normalized spacial score (nSPS) is 14.6. The molecule has 2 aromatic heterocycles. The molecule has 0 atom stereocenters. The molecule has 0 spiro atoms. The number of aromatic nitrogens is 4. The van der Waals surface area contributed by atoms with E-state index in [1.807, 2.05) is 32.0 Å². The molecule has 3 aromatic rings. The minimum Gasteiger partial charge on any atom is -0.483 e. The van der Waals surface area contributed by atoms with Gasteiger partial charge in [0.05, 0.1) is 0 Å². The second-order valence-electron chi connectivity index (χ2n) is 7.00. The monoisotopic (exact) mass is 370 g/mol. The van der Waals surface area contributed by atoms with Crippen molar-refractivity contribution in [2.45, 2.75) is 32.5 Å². The summed E-state index contributed by atoms with van der Waals surface area (Å²) in [6, 6.07) is 5.73. The molecule has 1 N–H and O–H groups in total. The van der Waals surface area contributed by atoms with Gasteiger partial charge in [0.15, 0.2) is 18.1 Å². The molecule has 9 nitrogen and oxygen atoms in total. The van der Waals surface area contributed by atoms with Gasteiger partial charge in [0.1, 0.15) is 11.2 Å². The maximum absolute atomic E-state index is 11.9. The van der Waals surface area contributed by atoms with E-state index in [1.54, 1.807) is 0 Å². The Morgan fingerprint density at radius 2 is 2.15 bits per heavy atom. The summed E-state index contributed by atoms with van der Waals surface area (Å²) in [6.45, 7) is 4.06. The summed E-state index contributed by atoms with van der Waals surface area (Å²) in [5.74, 6) is 1.60. The first kappa shape index (κ1) is 17.1. The Kier molecular flexibility index (Phi) is 3.87. The van der Waals surface area contributed by atoms with Crippen LogP contribution < -0.4 is 20.7 Å². The van der Waals surface area contributed by atoms with Crippen LogP contribution in [-0.2, 0) is 20.1 Å². The van der Waals surface area contributed by atoms with E-state index in [1.165, 1.54) is 17.8 Å². The van der Waals surface area contributed by atoms with Gasteiger partial charge in [-0.25, -0.2) is 4.79 Å². The zero-order valence-corrected chi connectivity index (χ0v) is 15.1. The van der Waals surface area contributed by atoms with Crippen LogP contribution in [0.5, 0.6) is 11.5 Å². The van der Waals surface area contributed by atoms with E-state index in [0.717, 1.165) is 17.7 Å². The highest BCUT2D eigenvalue weighted by molar-refractivity contribution is 5.51. The highest BCUT2D eigenvalue weighted by Crippen LogP contribution is 2.41. The Bertz CT molecular complexity index is 1130. The highest BCUT2D eigenvalue weighted by atomic mass is 16.5. The molecule has 140 valence electrons. The van der Waals surface area contributed by atoms with Gasteiger partial charge in [0.2, 0.25) is 5.82 Å². The van der Waals surface area contributed by atoms with Crippen molar-refractivity contribution in [3.8, 4) is 22.9 Å². The second kappa shape index (κ2) is 6.11. The number of aryl methyl sites for hydroxylation is 1. The first-order chi connectivity index (χ1) is 12.8. The van der Waals surface area contributed by atoms with E-state index in [2.05, 4.69) is 15.1 Å². The number of para-hydroxylation sites is 1. The number of nitrogens with one attached hydrogen (secondary N) is 1. The van der Waals surface area contributed by atoms with Crippen LogP contribution in [0.2, 0.25) is 0 Å². The Morgan fingerprint density at radius 3 is 2.96 bits per heavy atom. The largest absolute Gasteiger partial charge is 0.483 e. The molecule has 27 heavy (non-hydrogen) atoms. The average molecular weight is 370 g/mol. The van der Waals surface area contributed by atoms with Gasteiger partial charge in [-0.3, -0.25) is 9.78 Å². The van der Waals surface area contributed by atoms with E-state index in [0.29, 0.717) is 5.75 Å². The van der Waals surface area contributed by atoms with Gasteiger partial charge in [-0.15, -0.1) is 0 Å². The molecule has 4 rings (SSSR count). The van der Waals surface area contributed by atoms with Gasteiger partial charge in [-0.2, -0.15) is 4.98 Å². The molecule has 0 saturated carbocycles. The number of aromatic amines is 1. The van der Waals surface area contributed by atoms with Gasteiger partial charge in [0.25, 0.3) is 11.4 Å². The summed E-state index contributed by atoms with van der Waals surface area (Å²) >= 11 is 0. The number of ether oxygens (including phenoxy) is 2. The third-order valence-electron chi connectivity index (χ3n) is 4.22. The maximum Gasteiger partial charge on any atom is 0.328 e. The lowest BCUT2D eigenvalue weighted by Crippen LogP contribution is -2.28. The molecule has 3 heterocycles. The Balaban J connectivity index is 1.54. The molecule has 0 radical (unpaired) electrons. The molecular weight excluding hydrogens is 352 g/mol. The number of hydrogen-bond acceptors (Lipinski definition) is 7. The van der Waals surface area contributed by atoms with E-state index >= 15 is 0 Å². The standard InChI is InChI=1S/C18H18N4O5/c1-18(2)7-10-5-4-6-12(14(10)26-18)25-9-13-19-15(21-27-13)11-8-22(3)17(24)20-16(11)23/h4-6,8H,7,9H2,1-3H3,(H,20,23,24). The summed E-state index contributed by atoms with van der Waals surface area (Å²) in [6.07, 6.45) is 2.16. The SMILES string of the molecule is Cn1cc(-c2noc(COc3cccc4c3OC(C)(C)C4)n2)c(=O)[nH]c1=O. The fraction of sp³-hybridized carbons (Fsp3) is 0.333. The van der Waals surface area contributed by atoms with Crippen molar-refractivity contribution >= 4 is 0 Å². The van der Waals surface area contributed by atoms with Crippen LogP contribution in [0.25, 0.3) is 11.4 Å². The van der Waals surface area contributed by atoms with Crippen molar-refractivity contribution in [2.24, 2.45) is 7.05 Å². The smallest absolute Gasteiger partial charge is 0.328 e. The van der Waals surface area contributed by atoms with Crippen molar-refractivity contribution < 1.29 is 14.0 Å². The van der Waals surface area contributed by atoms with Crippen LogP contribution in [0.1, 0.15) is 25.3 Å². The molecule has 0 fully saturated rings. The van der Waals surface area contributed by atoms with Gasteiger partial charge >= 0.3 is 5.69 Å². The van der Waals surface area contributed by atoms with E-state index < -0.39 is 11.2 Å². The lowest BCUT2D eigenvalue weighted by atomic mass is 10.0. The van der Waals surface area contributed by atoms with Crippen molar-refractivity contribution in [1.82, 2.24) is 19.7 Å². The number of nitrogens with zero attached hydrogens (tertiary/aromatic N) is 3. The molecule has 0 unspecified atom stereocenters. The number of rotatable bonds is 4. The van der Waals surface area contributed by atoms with Crippen molar-refractivity contribution in [1.29, 1.82) is 0 Å². The van der Waals surface area contributed by atoms with Gasteiger partial charge in [-0.05, 0) is 19.9 Å². The zero-order chi connectivity index (χ0) is 19.2. The summed E-state index contributed by atoms with van der Waals surface area (Å²) in [4.78, 5) is 29.7. The fourth-order valence-electron chi connectivity index (χ4n) is 2.99. The third kappa shape index (κ3) is 3.23. The molecular formula is C18H18N4O5. The lowest BCUT2D eigenvalue weighted by molar-refractivity contribution is 0.130. The van der Waals surface area contributed by atoms with Crippen LogP contribution in [0.4, 0.5) is 0 Å². The topological polar surface area (TPSA) is 112 Å². The predicted octanol–water partition coefficient (Wildman–Crippen LogP) is 1.42. The lowest BCUT2D eigenvalue weighted by Gasteiger charge is -2.18. The van der Waals surface area contributed by atoms with Gasteiger partial charge in [0, 0.05) is 25.2 Å². The zero-order valence-electron chi connectivity index (χ0n) is 15.1. The molecule has 1 aromatic carbocycles. The van der Waals surface area contributed by atoms with E-state index in [9.17, 15) is 9.59 Å². The van der Waals surface area contributed by atoms with Crippen LogP contribution in [0.3, 0.4) is 0 Å². The first-order valence-corrected chi connectivity index (χ1v) is 8.39. The molecule has 0 saturated heterocycles. The Hall–Kier alpha value is -3.36. The minimum absolute atomic E-state index is 0.0247. The second-order valence-corrected chi connectivity index (χ2v) is 7.00. The molecule has 0 aliphatic carbocycles. The third-order valence-corrected chi connectivity index (χ3v) is 4.22. The molecule has 0 amide bonds. The van der Waals surface area contributed by atoms with Crippen LogP contribution in [0, 0.1) is 0 Å². The minimum atomic E-state index is -0.581. The Labute approximate surface area is 153 Å². The van der Waals surface area contributed by atoms with Crippen LogP contribution in [0.15, 0.2) is 38.5 Å². The number of hydrogen-bond donors (Lipinski definition) is 1. The van der Waals surface area contributed by atoms with Gasteiger partial charge in [-0.1, -0.05) is 17.3 Å². The maximum atomic E-state index is 11.9. The quantitative estimate of drug-likeness (QED) is 0.739. The number of fused-ring (bicyclic) bond motifs is 1. The van der Waals surface area contributed by atoms with E-state index in [4.69, 9.17) is 14.0 Å². The number of H-pyrrole nitrogens is 1. The summed E-state index contributed by atoms with van der Waals surface area (Å²) in [5, 5.41) is 3.79. The predicted molar refractivity (Wildman–Crippen MR) is 94.8 cm³/mol. The fourth-order valence-corrected chi connectivity index (χ4v) is 2.99. The van der Waals surface area contributed by atoms with E-state index in [-0.39, 0.29) is 29.5 Å². The van der Waals surface area contributed by atoms with Gasteiger partial charge < -0.3 is 18.6 Å². The van der Waals surface area contributed by atoms with Crippen molar-refractivity contribution in [3.05, 3.63) is 56.7 Å². The highest BCUT2D eigenvalue weighted by Gasteiger charge is 2.32. The van der Waals surface area contributed by atoms with Crippen molar-refractivity contribution in [2.75, 3.05) is 0 Å². The molecule has 1 aliphatic heterocycles. The summed E-state index contributed by atoms with van der Waals surface area (Å²) in [5.41, 5.74) is -0.151.